The van der Waals surface area contributed by atoms with Gasteiger partial charge in [-0.25, -0.2) is 18.4 Å². The van der Waals surface area contributed by atoms with Gasteiger partial charge in [-0.1, -0.05) is 37.3 Å². The fourth-order valence-electron chi connectivity index (χ4n) is 3.29. The lowest BCUT2D eigenvalue weighted by Crippen LogP contribution is -2.39. The lowest BCUT2D eigenvalue weighted by Gasteiger charge is -2.34. The van der Waals surface area contributed by atoms with E-state index in [1.807, 2.05) is 0 Å². The summed E-state index contributed by atoms with van der Waals surface area (Å²) in [5, 5.41) is 15.4. The molecule has 3 rings (SSSR count). The Balaban J connectivity index is 1.81. The van der Waals surface area contributed by atoms with Gasteiger partial charge in [0.1, 0.15) is 29.9 Å². The summed E-state index contributed by atoms with van der Waals surface area (Å²) in [6.45, 7) is 1.57. The van der Waals surface area contributed by atoms with E-state index >= 15 is 0 Å². The van der Waals surface area contributed by atoms with Crippen LogP contribution < -0.4 is 0 Å². The summed E-state index contributed by atoms with van der Waals surface area (Å²) in [6.07, 6.45) is 1.80. The van der Waals surface area contributed by atoms with E-state index in [-0.39, 0.29) is 18.5 Å². The van der Waals surface area contributed by atoms with E-state index in [2.05, 4.69) is 10.1 Å². The molecule has 0 aliphatic rings. The number of aromatic nitrogens is 3. The van der Waals surface area contributed by atoms with Crippen LogP contribution >= 0.6 is 0 Å². The van der Waals surface area contributed by atoms with Gasteiger partial charge in [0, 0.05) is 11.6 Å². The van der Waals surface area contributed by atoms with Crippen LogP contribution in [0.15, 0.2) is 61.2 Å². The average molecular weight is 437 g/mol. The zero-order valence-corrected chi connectivity index (χ0v) is 16.5. The van der Waals surface area contributed by atoms with Gasteiger partial charge in [-0.2, -0.15) is 18.3 Å². The van der Waals surface area contributed by atoms with Crippen molar-refractivity contribution in [1.82, 2.24) is 14.8 Å². The van der Waals surface area contributed by atoms with E-state index in [0.29, 0.717) is 11.6 Å². The minimum atomic E-state index is -4.41. The van der Waals surface area contributed by atoms with Crippen molar-refractivity contribution >= 4 is 6.08 Å². The molecule has 9 heteroatoms. The predicted octanol–water partition coefficient (Wildman–Crippen LogP) is 5.20. The minimum Gasteiger partial charge on any atom is -0.383 e. The molecular formula is C22H20F5N3O. The van der Waals surface area contributed by atoms with Crippen LogP contribution in [0.3, 0.4) is 0 Å². The molecule has 0 bridgehead atoms. The maximum atomic E-state index is 14.5. The van der Waals surface area contributed by atoms with E-state index in [9.17, 15) is 27.1 Å². The maximum absolute atomic E-state index is 14.5. The Labute approximate surface area is 175 Å². The van der Waals surface area contributed by atoms with Crippen molar-refractivity contribution < 1.29 is 27.1 Å². The molecule has 31 heavy (non-hydrogen) atoms. The van der Waals surface area contributed by atoms with Crippen molar-refractivity contribution in [2.75, 3.05) is 0 Å². The molecule has 0 fully saturated rings. The molecule has 1 heterocycles. The second-order valence-electron chi connectivity index (χ2n) is 7.30. The molecule has 0 aliphatic heterocycles. The second-order valence-corrected chi connectivity index (χ2v) is 7.30. The van der Waals surface area contributed by atoms with Gasteiger partial charge in [0.25, 0.3) is 0 Å². The molecule has 3 aromatic rings. The molecule has 2 atom stereocenters. The van der Waals surface area contributed by atoms with Crippen LogP contribution in [0.25, 0.3) is 6.08 Å². The fraction of sp³-hybridized carbons (Fsp3) is 0.273. The van der Waals surface area contributed by atoms with Gasteiger partial charge in [0.15, 0.2) is 0 Å². The number of alkyl halides is 3. The largest absolute Gasteiger partial charge is 0.416 e. The number of hydrogen-bond acceptors (Lipinski definition) is 3. The van der Waals surface area contributed by atoms with Crippen molar-refractivity contribution in [2.45, 2.75) is 31.7 Å². The molecule has 4 nitrogen and oxygen atoms in total. The normalized spacial score (nSPS) is 15.2. The van der Waals surface area contributed by atoms with Crippen molar-refractivity contribution in [2.24, 2.45) is 5.92 Å². The molecule has 0 amide bonds. The summed E-state index contributed by atoms with van der Waals surface area (Å²) >= 11 is 0. The summed E-state index contributed by atoms with van der Waals surface area (Å²) < 4.78 is 67.2. The molecule has 164 valence electrons. The monoisotopic (exact) mass is 437 g/mol. The standard InChI is InChI=1S/C22H20F5N3O/c1-15(3-2-4-16-5-7-17(8-6-16)22(25,26)27)21(31,12-30-14-28-13-29-30)19-10-9-18(23)11-20(19)24/h2,4-11,13-15,31H,3,12H2,1H3/b4-2+/t15-,21+/m0/s1. The Morgan fingerprint density at radius 1 is 1.10 bits per heavy atom. The van der Waals surface area contributed by atoms with Gasteiger partial charge in [-0.15, -0.1) is 0 Å². The van der Waals surface area contributed by atoms with Gasteiger partial charge < -0.3 is 5.11 Å². The lowest BCUT2D eigenvalue weighted by atomic mass is 9.80. The molecule has 1 N–H and O–H groups in total. The van der Waals surface area contributed by atoms with Gasteiger partial charge in [-0.05, 0) is 36.1 Å². The summed E-state index contributed by atoms with van der Waals surface area (Å²) in [6, 6.07) is 7.60. The Kier molecular flexibility index (Phi) is 6.54. The number of aliphatic hydroxyl groups is 1. The summed E-state index contributed by atoms with van der Waals surface area (Å²) in [4.78, 5) is 3.81. The summed E-state index contributed by atoms with van der Waals surface area (Å²) in [5.41, 5.74) is -2.02. The molecule has 0 saturated carbocycles. The zero-order valence-electron chi connectivity index (χ0n) is 16.5. The number of hydrogen-bond donors (Lipinski definition) is 1. The number of rotatable bonds is 7. The molecule has 0 radical (unpaired) electrons. The molecule has 0 saturated heterocycles. The predicted molar refractivity (Wildman–Crippen MR) is 105 cm³/mol. The van der Waals surface area contributed by atoms with Crippen LogP contribution in [0.5, 0.6) is 0 Å². The van der Waals surface area contributed by atoms with Crippen LogP contribution in [0.2, 0.25) is 0 Å². The SMILES string of the molecule is C[C@@H](C/C=C/c1ccc(C(F)(F)F)cc1)[C@](O)(Cn1cncn1)c1ccc(F)cc1F. The summed E-state index contributed by atoms with van der Waals surface area (Å²) in [7, 11) is 0. The first-order valence-corrected chi connectivity index (χ1v) is 9.44. The average Bonchev–Trinajstić information content (AvgIpc) is 3.20. The van der Waals surface area contributed by atoms with Crippen molar-refractivity contribution in [1.29, 1.82) is 0 Å². The highest BCUT2D eigenvalue weighted by Gasteiger charge is 2.38. The third-order valence-electron chi connectivity index (χ3n) is 5.12. The smallest absolute Gasteiger partial charge is 0.383 e. The minimum absolute atomic E-state index is 0.0835. The van der Waals surface area contributed by atoms with E-state index in [1.165, 1.54) is 35.5 Å². The van der Waals surface area contributed by atoms with Crippen LogP contribution in [0, 0.1) is 17.6 Å². The van der Waals surface area contributed by atoms with E-state index in [4.69, 9.17) is 0 Å². The van der Waals surface area contributed by atoms with Crippen molar-refractivity contribution in [3.8, 4) is 0 Å². The fourth-order valence-corrected chi connectivity index (χ4v) is 3.29. The number of allylic oxidation sites excluding steroid dienone is 1. The van der Waals surface area contributed by atoms with Crippen molar-refractivity contribution in [3.05, 3.63) is 89.5 Å². The van der Waals surface area contributed by atoms with Gasteiger partial charge in [-0.3, -0.25) is 0 Å². The van der Waals surface area contributed by atoms with Gasteiger partial charge in [0.2, 0.25) is 0 Å². The maximum Gasteiger partial charge on any atom is 0.416 e. The summed E-state index contributed by atoms with van der Waals surface area (Å²) in [5.74, 6) is -2.21. The third-order valence-corrected chi connectivity index (χ3v) is 5.12. The van der Waals surface area contributed by atoms with Gasteiger partial charge in [0.05, 0.1) is 12.1 Å². The molecule has 1 aromatic heterocycles. The Morgan fingerprint density at radius 3 is 2.39 bits per heavy atom. The van der Waals surface area contributed by atoms with E-state index in [1.54, 1.807) is 19.1 Å². The van der Waals surface area contributed by atoms with Crippen molar-refractivity contribution in [3.63, 3.8) is 0 Å². The molecule has 2 aromatic carbocycles. The first-order chi connectivity index (χ1) is 14.6. The first-order valence-electron chi connectivity index (χ1n) is 9.44. The number of halogens is 5. The Hall–Kier alpha value is -3.07. The van der Waals surface area contributed by atoms with E-state index in [0.717, 1.165) is 18.2 Å². The van der Waals surface area contributed by atoms with Crippen LogP contribution in [0.4, 0.5) is 22.0 Å². The Bertz CT molecular complexity index is 1030. The molecule has 0 spiro atoms. The van der Waals surface area contributed by atoms with Crippen LogP contribution in [-0.4, -0.2) is 19.9 Å². The first kappa shape index (κ1) is 22.6. The topological polar surface area (TPSA) is 50.9 Å². The van der Waals surface area contributed by atoms with Gasteiger partial charge >= 0.3 is 6.18 Å². The zero-order chi connectivity index (χ0) is 22.6. The third kappa shape index (κ3) is 5.35. The Morgan fingerprint density at radius 2 is 1.81 bits per heavy atom. The molecule has 0 aliphatic carbocycles. The molecular weight excluding hydrogens is 417 g/mol. The highest BCUT2D eigenvalue weighted by atomic mass is 19.4. The van der Waals surface area contributed by atoms with Crippen LogP contribution in [0.1, 0.15) is 30.0 Å². The quantitative estimate of drug-likeness (QED) is 0.517. The highest BCUT2D eigenvalue weighted by molar-refractivity contribution is 5.50. The van der Waals surface area contributed by atoms with E-state index < -0.39 is 34.9 Å². The van der Waals surface area contributed by atoms with Crippen LogP contribution in [-0.2, 0) is 18.3 Å². The number of benzene rings is 2. The lowest BCUT2D eigenvalue weighted by molar-refractivity contribution is -0.137. The second kappa shape index (κ2) is 8.97. The number of nitrogens with zero attached hydrogens (tertiary/aromatic N) is 3. The highest BCUT2D eigenvalue weighted by Crippen LogP contribution is 2.36. The molecule has 0 unspecified atom stereocenters.